The molecular weight excluding hydrogens is 735 g/mol. The highest BCUT2D eigenvalue weighted by Gasteiger charge is 2.41. The van der Waals surface area contributed by atoms with Gasteiger partial charge in [0.1, 0.15) is 12.1 Å². The molecule has 5 atom stereocenters. The molecule has 5 amide bonds. The lowest BCUT2D eigenvalue weighted by molar-refractivity contribution is -0.132. The number of pyridine rings is 1. The van der Waals surface area contributed by atoms with Crippen LogP contribution in [0.15, 0.2) is 72.8 Å². The van der Waals surface area contributed by atoms with E-state index in [1.54, 1.807) is 14.8 Å². The van der Waals surface area contributed by atoms with Gasteiger partial charge < -0.3 is 30.3 Å². The van der Waals surface area contributed by atoms with Gasteiger partial charge in [0.05, 0.1) is 31.5 Å². The van der Waals surface area contributed by atoms with Gasteiger partial charge in [-0.15, -0.1) is 0 Å². The fraction of sp³-hybridized carbons (Fsp3) is 0.533. The number of carbonyl (C=O) groups is 4. The Kier molecular flexibility index (Phi) is 15.8. The number of aryl methyl sites for hydroxylation is 1. The van der Waals surface area contributed by atoms with Gasteiger partial charge in [-0.2, -0.15) is 0 Å². The third-order valence-corrected chi connectivity index (χ3v) is 10.7. The summed E-state index contributed by atoms with van der Waals surface area (Å²) in [6.07, 6.45) is -0.991. The minimum Gasteiger partial charge on any atom is -0.453 e. The highest BCUT2D eigenvalue weighted by Crippen LogP contribution is 2.25. The van der Waals surface area contributed by atoms with Crippen molar-refractivity contribution < 1.29 is 29.0 Å². The molecule has 1 saturated heterocycles. The summed E-state index contributed by atoms with van der Waals surface area (Å²) in [4.78, 5) is 62.6. The molecule has 0 aliphatic carbocycles. The third-order valence-electron chi connectivity index (χ3n) is 10.7. The first kappa shape index (κ1) is 45.7. The summed E-state index contributed by atoms with van der Waals surface area (Å²) in [7, 11) is 1.24. The summed E-state index contributed by atoms with van der Waals surface area (Å²) < 4.78 is 4.83. The number of methoxy groups -OCH3 is 1. The highest BCUT2D eigenvalue weighted by atomic mass is 16.5. The Hall–Kier alpha value is -5.01. The zero-order valence-corrected chi connectivity index (χ0v) is 36.0. The minimum absolute atomic E-state index is 0.0612. The van der Waals surface area contributed by atoms with Crippen LogP contribution in [-0.4, -0.2) is 99.8 Å². The van der Waals surface area contributed by atoms with Crippen LogP contribution in [0.5, 0.6) is 0 Å². The van der Waals surface area contributed by atoms with Crippen LogP contribution in [0.4, 0.5) is 9.59 Å². The van der Waals surface area contributed by atoms with E-state index in [2.05, 4.69) is 41.8 Å². The van der Waals surface area contributed by atoms with E-state index in [1.807, 2.05) is 114 Å². The second-order valence-electron chi connectivity index (χ2n) is 17.6. The molecule has 3 aromatic rings. The van der Waals surface area contributed by atoms with Gasteiger partial charge in [-0.3, -0.25) is 20.0 Å². The summed E-state index contributed by atoms with van der Waals surface area (Å²) in [6, 6.07) is 20.6. The molecule has 1 aliphatic heterocycles. The van der Waals surface area contributed by atoms with Crippen LogP contribution in [0.1, 0.15) is 89.9 Å². The van der Waals surface area contributed by atoms with Crippen molar-refractivity contribution in [1.29, 1.82) is 0 Å². The number of hydrogen-bond donors (Lipinski definition) is 4. The number of hydrazine groups is 1. The lowest BCUT2D eigenvalue weighted by Gasteiger charge is -2.36. The van der Waals surface area contributed by atoms with Crippen molar-refractivity contribution in [3.05, 3.63) is 101 Å². The largest absolute Gasteiger partial charge is 0.453 e. The van der Waals surface area contributed by atoms with Crippen molar-refractivity contribution in [2.75, 3.05) is 26.7 Å². The molecule has 0 radical (unpaired) electrons. The van der Waals surface area contributed by atoms with Gasteiger partial charge in [-0.1, -0.05) is 122 Å². The molecule has 1 fully saturated rings. The fourth-order valence-corrected chi connectivity index (χ4v) is 7.14. The average molecular weight is 800 g/mol. The normalized spacial score (nSPS) is 16.0. The molecule has 0 bridgehead atoms. The molecule has 5 unspecified atom stereocenters. The number of hydrogen-bond acceptors (Lipinski definition) is 8. The van der Waals surface area contributed by atoms with Crippen molar-refractivity contribution in [2.45, 2.75) is 118 Å². The van der Waals surface area contributed by atoms with Crippen molar-refractivity contribution in [2.24, 2.45) is 11.3 Å². The number of ether oxygens (including phenoxy) is 1. The topological polar surface area (TPSA) is 156 Å². The predicted octanol–water partition coefficient (Wildman–Crippen LogP) is 5.73. The first-order valence-electron chi connectivity index (χ1n) is 20.3. The number of carbonyl (C=O) groups excluding carboxylic acids is 4. The molecule has 4 N–H and O–H groups in total. The van der Waals surface area contributed by atoms with E-state index in [9.17, 15) is 24.3 Å². The number of benzene rings is 2. The number of rotatable bonds is 17. The quantitative estimate of drug-likeness (QED) is 0.126. The van der Waals surface area contributed by atoms with Crippen LogP contribution >= 0.6 is 0 Å². The maximum absolute atomic E-state index is 14.5. The minimum atomic E-state index is -1.18. The molecule has 0 spiro atoms. The first-order valence-corrected chi connectivity index (χ1v) is 20.3. The van der Waals surface area contributed by atoms with E-state index in [1.165, 1.54) is 7.11 Å². The Morgan fingerprint density at radius 3 is 2.16 bits per heavy atom. The molecule has 316 valence electrons. The number of nitrogens with one attached hydrogen (secondary N) is 3. The molecule has 4 rings (SSSR count). The predicted molar refractivity (Wildman–Crippen MR) is 225 cm³/mol. The molecule has 1 aliphatic rings. The Bertz CT molecular complexity index is 1830. The molecule has 2 aromatic carbocycles. The number of aliphatic hydroxyl groups is 1. The molecular formula is C45H65N7O6. The standard InChI is InChI=1S/C45H65N7O6/c1-11-30(2)38(52-25-24-50(43(52)57)28-35-19-15-16-31(3)46-35)40(54)47-36(26-32-17-13-12-14-18-32)37(53)29-51(27-33-20-22-34(23-21-33)44(4,5)6)49-41(55)39(45(7,8)9)48-42(56)58-10/h12-23,30,36-39,53H,11,24-29H2,1-10H3,(H,47,54)(H,48,56)(H,49,55). The summed E-state index contributed by atoms with van der Waals surface area (Å²) in [5.41, 5.74) is 6.78. The number of amides is 5. The molecule has 2 heterocycles. The zero-order valence-electron chi connectivity index (χ0n) is 36.0. The number of nitrogens with zero attached hydrogens (tertiary/aromatic N) is 4. The Balaban J connectivity index is 1.63. The van der Waals surface area contributed by atoms with E-state index in [0.29, 0.717) is 26.1 Å². The van der Waals surface area contributed by atoms with Gasteiger partial charge in [-0.05, 0) is 58.9 Å². The maximum Gasteiger partial charge on any atom is 0.407 e. The van der Waals surface area contributed by atoms with Crippen molar-refractivity contribution >= 4 is 23.9 Å². The monoisotopic (exact) mass is 799 g/mol. The summed E-state index contributed by atoms with van der Waals surface area (Å²) in [5.74, 6) is -1.03. The maximum atomic E-state index is 14.5. The summed E-state index contributed by atoms with van der Waals surface area (Å²) >= 11 is 0. The Morgan fingerprint density at radius 1 is 0.897 bits per heavy atom. The van der Waals surface area contributed by atoms with Crippen LogP contribution in [-0.2, 0) is 39.3 Å². The number of alkyl carbamates (subject to hydrolysis) is 1. The lowest BCUT2D eigenvalue weighted by Crippen LogP contribution is -2.60. The van der Waals surface area contributed by atoms with Crippen molar-refractivity contribution in [1.82, 2.24) is 35.9 Å². The molecule has 13 heteroatoms. The third kappa shape index (κ3) is 12.7. The number of urea groups is 1. The van der Waals surface area contributed by atoms with E-state index >= 15 is 0 Å². The SMILES string of the molecule is CCC(C)C(C(=O)NC(Cc1ccccc1)C(O)CN(Cc1ccc(C(C)(C)C)cc1)NC(=O)C(NC(=O)OC)C(C)(C)C)N1CCN(Cc2cccc(C)n2)C1=O. The van der Waals surface area contributed by atoms with Crippen molar-refractivity contribution in [3.8, 4) is 0 Å². The highest BCUT2D eigenvalue weighted by molar-refractivity contribution is 5.88. The van der Waals surface area contributed by atoms with Gasteiger partial charge in [0.15, 0.2) is 0 Å². The van der Waals surface area contributed by atoms with Crippen molar-refractivity contribution in [3.63, 3.8) is 0 Å². The van der Waals surface area contributed by atoms with Gasteiger partial charge in [0.25, 0.3) is 5.91 Å². The smallest absolute Gasteiger partial charge is 0.407 e. The summed E-state index contributed by atoms with van der Waals surface area (Å²) in [6.45, 7) is 19.1. The Labute approximate surface area is 344 Å². The van der Waals surface area contributed by atoms with Gasteiger partial charge >= 0.3 is 12.1 Å². The second-order valence-corrected chi connectivity index (χ2v) is 17.6. The molecule has 0 saturated carbocycles. The number of aromatic nitrogens is 1. The van der Waals surface area contributed by atoms with Crippen LogP contribution in [0.25, 0.3) is 0 Å². The second kappa shape index (κ2) is 20.1. The van der Waals surface area contributed by atoms with Gasteiger partial charge in [0, 0.05) is 31.9 Å². The van der Waals surface area contributed by atoms with E-state index in [4.69, 9.17) is 4.74 Å². The van der Waals surface area contributed by atoms with E-state index < -0.39 is 41.6 Å². The first-order chi connectivity index (χ1) is 27.3. The molecule has 1 aromatic heterocycles. The van der Waals surface area contributed by atoms with Gasteiger partial charge in [-0.25, -0.2) is 14.6 Å². The lowest BCUT2D eigenvalue weighted by atomic mass is 9.86. The van der Waals surface area contributed by atoms with E-state index in [0.717, 1.165) is 28.1 Å². The fourth-order valence-electron chi connectivity index (χ4n) is 7.14. The number of aliphatic hydroxyl groups excluding tert-OH is 1. The molecule has 13 nitrogen and oxygen atoms in total. The van der Waals surface area contributed by atoms with Crippen LogP contribution in [0.3, 0.4) is 0 Å². The van der Waals surface area contributed by atoms with Crippen LogP contribution < -0.4 is 16.1 Å². The van der Waals surface area contributed by atoms with E-state index in [-0.39, 0.29) is 42.8 Å². The van der Waals surface area contributed by atoms with Crippen LogP contribution in [0.2, 0.25) is 0 Å². The average Bonchev–Trinajstić information content (AvgIpc) is 3.51. The Morgan fingerprint density at radius 2 is 1.57 bits per heavy atom. The zero-order chi connectivity index (χ0) is 42.8. The van der Waals surface area contributed by atoms with Crippen LogP contribution in [0, 0.1) is 18.3 Å². The summed E-state index contributed by atoms with van der Waals surface area (Å²) in [5, 5.41) is 19.6. The van der Waals surface area contributed by atoms with Gasteiger partial charge in [0.2, 0.25) is 5.91 Å². The molecule has 58 heavy (non-hydrogen) atoms.